The minimum absolute atomic E-state index is 0.0291. The number of fused-ring (bicyclic) bond motifs is 1. The van der Waals surface area contributed by atoms with Crippen molar-refractivity contribution in [2.24, 2.45) is 0 Å². The zero-order valence-electron chi connectivity index (χ0n) is 17.2. The molecule has 0 atom stereocenters. The van der Waals surface area contributed by atoms with Crippen LogP contribution in [-0.2, 0) is 17.8 Å². The molecule has 0 fully saturated rings. The van der Waals surface area contributed by atoms with Gasteiger partial charge < -0.3 is 4.74 Å². The number of hydrogen-bond donors (Lipinski definition) is 0. The van der Waals surface area contributed by atoms with Gasteiger partial charge in [0.05, 0.1) is 24.3 Å². The number of ether oxygens (including phenoxy) is 1. The molecule has 1 aromatic heterocycles. The zero-order valence-corrected chi connectivity index (χ0v) is 18.0. The Morgan fingerprint density at radius 3 is 2.53 bits per heavy atom. The van der Waals surface area contributed by atoms with Gasteiger partial charge in [-0.3, -0.25) is 9.69 Å². The van der Waals surface area contributed by atoms with Crippen LogP contribution in [0.15, 0.2) is 72.8 Å². The lowest BCUT2D eigenvalue weighted by Crippen LogP contribution is -2.31. The van der Waals surface area contributed by atoms with Gasteiger partial charge in [0.15, 0.2) is 5.13 Å². The topological polar surface area (TPSA) is 42.4 Å². The second-order valence-corrected chi connectivity index (χ2v) is 8.17. The van der Waals surface area contributed by atoms with Crippen molar-refractivity contribution in [1.82, 2.24) is 4.98 Å². The molecule has 30 heavy (non-hydrogen) atoms. The van der Waals surface area contributed by atoms with Gasteiger partial charge in [0.2, 0.25) is 5.91 Å². The van der Waals surface area contributed by atoms with Crippen molar-refractivity contribution in [2.45, 2.75) is 26.8 Å². The van der Waals surface area contributed by atoms with Crippen LogP contribution in [0, 0.1) is 6.92 Å². The minimum atomic E-state index is 0.0291. The van der Waals surface area contributed by atoms with Crippen LogP contribution in [-0.4, -0.2) is 17.5 Å². The molecule has 0 aliphatic rings. The molecule has 0 N–H and O–H groups in total. The molecule has 0 saturated carbocycles. The molecular formula is C25H24N2O2S. The fourth-order valence-corrected chi connectivity index (χ4v) is 4.42. The van der Waals surface area contributed by atoms with E-state index < -0.39 is 0 Å². The maximum atomic E-state index is 13.4. The minimum Gasteiger partial charge on any atom is -0.492 e. The van der Waals surface area contributed by atoms with Gasteiger partial charge >= 0.3 is 0 Å². The van der Waals surface area contributed by atoms with Gasteiger partial charge in [0.1, 0.15) is 11.3 Å². The molecule has 4 rings (SSSR count). The number of benzene rings is 3. The van der Waals surface area contributed by atoms with E-state index in [1.807, 2.05) is 80.6 Å². The summed E-state index contributed by atoms with van der Waals surface area (Å²) in [5.41, 5.74) is 4.03. The Balaban J connectivity index is 1.70. The maximum Gasteiger partial charge on any atom is 0.233 e. The predicted molar refractivity (Wildman–Crippen MR) is 123 cm³/mol. The number of nitrogens with zero attached hydrogens (tertiary/aromatic N) is 2. The number of carbonyl (C=O) groups excluding carboxylic acids is 1. The Morgan fingerprint density at radius 1 is 1.00 bits per heavy atom. The van der Waals surface area contributed by atoms with Crippen LogP contribution >= 0.6 is 11.3 Å². The summed E-state index contributed by atoms with van der Waals surface area (Å²) in [5, 5.41) is 0.693. The maximum absolute atomic E-state index is 13.4. The average molecular weight is 417 g/mol. The predicted octanol–water partition coefficient (Wildman–Crippen LogP) is 5.78. The van der Waals surface area contributed by atoms with Gasteiger partial charge in [-0.25, -0.2) is 4.98 Å². The molecular weight excluding hydrogens is 392 g/mol. The summed E-state index contributed by atoms with van der Waals surface area (Å²) < 4.78 is 6.75. The number of thiazole rings is 1. The van der Waals surface area contributed by atoms with Crippen molar-refractivity contribution in [3.05, 3.63) is 89.5 Å². The van der Waals surface area contributed by atoms with E-state index in [1.165, 1.54) is 11.3 Å². The molecule has 3 aromatic carbocycles. The highest BCUT2D eigenvalue weighted by Gasteiger charge is 2.21. The SMILES string of the molecule is CCOc1cccc2sc(N(Cc3ccccc3)C(=O)Cc3cccc(C)c3)nc12. The molecule has 0 unspecified atom stereocenters. The largest absolute Gasteiger partial charge is 0.492 e. The number of amides is 1. The van der Waals surface area contributed by atoms with Crippen molar-refractivity contribution >= 4 is 32.6 Å². The molecule has 1 heterocycles. The van der Waals surface area contributed by atoms with Crippen molar-refractivity contribution < 1.29 is 9.53 Å². The molecule has 0 spiro atoms. The summed E-state index contributed by atoms with van der Waals surface area (Å²) in [4.78, 5) is 20.0. The Labute approximate surface area is 180 Å². The molecule has 0 aliphatic heterocycles. The molecule has 4 aromatic rings. The van der Waals surface area contributed by atoms with E-state index in [2.05, 4.69) is 6.07 Å². The van der Waals surface area contributed by atoms with Crippen LogP contribution in [0.4, 0.5) is 5.13 Å². The molecule has 152 valence electrons. The highest BCUT2D eigenvalue weighted by Crippen LogP contribution is 2.35. The molecule has 0 saturated heterocycles. The molecule has 0 radical (unpaired) electrons. The van der Waals surface area contributed by atoms with Crippen molar-refractivity contribution in [1.29, 1.82) is 0 Å². The van der Waals surface area contributed by atoms with Gasteiger partial charge in [-0.05, 0) is 37.1 Å². The van der Waals surface area contributed by atoms with Gasteiger partial charge in [0.25, 0.3) is 0 Å². The van der Waals surface area contributed by atoms with Crippen LogP contribution in [0.5, 0.6) is 5.75 Å². The van der Waals surface area contributed by atoms with Crippen LogP contribution in [0.25, 0.3) is 10.2 Å². The van der Waals surface area contributed by atoms with E-state index >= 15 is 0 Å². The normalized spacial score (nSPS) is 10.9. The van der Waals surface area contributed by atoms with Gasteiger partial charge in [-0.1, -0.05) is 77.6 Å². The van der Waals surface area contributed by atoms with E-state index in [-0.39, 0.29) is 5.91 Å². The van der Waals surface area contributed by atoms with Gasteiger partial charge in [0, 0.05) is 0 Å². The first kappa shape index (κ1) is 20.1. The van der Waals surface area contributed by atoms with Crippen LogP contribution in [0.2, 0.25) is 0 Å². The second kappa shape index (κ2) is 9.09. The summed E-state index contributed by atoms with van der Waals surface area (Å²) in [6, 6.07) is 24.0. The van der Waals surface area contributed by atoms with Crippen LogP contribution in [0.3, 0.4) is 0 Å². The van der Waals surface area contributed by atoms with E-state index in [0.717, 1.165) is 32.7 Å². The van der Waals surface area contributed by atoms with Crippen LogP contribution in [0.1, 0.15) is 23.6 Å². The van der Waals surface area contributed by atoms with Gasteiger partial charge in [-0.2, -0.15) is 0 Å². The van der Waals surface area contributed by atoms with E-state index in [9.17, 15) is 4.79 Å². The highest BCUT2D eigenvalue weighted by molar-refractivity contribution is 7.22. The fraction of sp³-hybridized carbons (Fsp3) is 0.200. The summed E-state index contributed by atoms with van der Waals surface area (Å²) in [6.45, 7) is 5.05. The average Bonchev–Trinajstić information content (AvgIpc) is 3.18. The number of para-hydroxylation sites is 1. The lowest BCUT2D eigenvalue weighted by atomic mass is 10.1. The summed E-state index contributed by atoms with van der Waals surface area (Å²) in [5.74, 6) is 0.782. The number of carbonyl (C=O) groups is 1. The number of aromatic nitrogens is 1. The Bertz CT molecular complexity index is 1150. The first-order valence-corrected chi connectivity index (χ1v) is 10.9. The monoisotopic (exact) mass is 416 g/mol. The number of rotatable bonds is 7. The summed E-state index contributed by atoms with van der Waals surface area (Å²) >= 11 is 1.52. The third-order valence-corrected chi connectivity index (χ3v) is 5.87. The van der Waals surface area contributed by atoms with Crippen LogP contribution < -0.4 is 9.64 Å². The van der Waals surface area contributed by atoms with Crippen molar-refractivity contribution in [2.75, 3.05) is 11.5 Å². The number of aryl methyl sites for hydroxylation is 1. The smallest absolute Gasteiger partial charge is 0.233 e. The van der Waals surface area contributed by atoms with E-state index in [1.54, 1.807) is 4.90 Å². The van der Waals surface area contributed by atoms with E-state index in [0.29, 0.717) is 24.7 Å². The van der Waals surface area contributed by atoms with Crippen molar-refractivity contribution in [3.8, 4) is 5.75 Å². The Kier molecular flexibility index (Phi) is 6.10. The Morgan fingerprint density at radius 2 is 1.77 bits per heavy atom. The lowest BCUT2D eigenvalue weighted by molar-refractivity contribution is -0.118. The third-order valence-electron chi connectivity index (χ3n) is 4.82. The first-order chi connectivity index (χ1) is 14.6. The Hall–Kier alpha value is -3.18. The third kappa shape index (κ3) is 4.52. The van der Waals surface area contributed by atoms with E-state index in [4.69, 9.17) is 9.72 Å². The fourth-order valence-electron chi connectivity index (χ4n) is 3.42. The number of anilines is 1. The molecule has 1 amide bonds. The highest BCUT2D eigenvalue weighted by atomic mass is 32.1. The van der Waals surface area contributed by atoms with Gasteiger partial charge in [-0.15, -0.1) is 0 Å². The molecule has 5 heteroatoms. The first-order valence-electron chi connectivity index (χ1n) is 10.1. The summed E-state index contributed by atoms with van der Waals surface area (Å²) in [7, 11) is 0. The summed E-state index contributed by atoms with van der Waals surface area (Å²) in [6.07, 6.45) is 0.336. The molecule has 4 nitrogen and oxygen atoms in total. The second-order valence-electron chi connectivity index (χ2n) is 7.16. The zero-order chi connectivity index (χ0) is 20.9. The quantitative estimate of drug-likeness (QED) is 0.383. The standard InChI is InChI=1S/C25H24N2O2S/c1-3-29-21-13-8-14-22-24(21)26-25(30-22)27(17-19-10-5-4-6-11-19)23(28)16-20-12-7-9-18(2)15-20/h4-15H,3,16-17H2,1-2H3. The lowest BCUT2D eigenvalue weighted by Gasteiger charge is -2.20. The molecule has 0 aliphatic carbocycles. The van der Waals surface area contributed by atoms with Crippen molar-refractivity contribution in [3.63, 3.8) is 0 Å². The molecule has 0 bridgehead atoms. The number of hydrogen-bond acceptors (Lipinski definition) is 4.